The van der Waals surface area contributed by atoms with E-state index in [4.69, 9.17) is 22.3 Å². The third-order valence-electron chi connectivity index (χ3n) is 3.24. The number of amides is 5. The van der Waals surface area contributed by atoms with Crippen LogP contribution in [0, 0.1) is 0 Å². The lowest BCUT2D eigenvalue weighted by molar-refractivity contribution is -0.138. The minimum absolute atomic E-state index is 0.0165. The number of hydrogen-bond acceptors (Lipinski definition) is 7. The Labute approximate surface area is 154 Å². The molecule has 0 aromatic heterocycles. The summed E-state index contributed by atoms with van der Waals surface area (Å²) in [5.41, 5.74) is 15.5. The van der Waals surface area contributed by atoms with Gasteiger partial charge in [0.25, 0.3) is 0 Å². The monoisotopic (exact) mass is 388 g/mol. The first-order valence-corrected chi connectivity index (χ1v) is 7.86. The van der Waals surface area contributed by atoms with Crippen molar-refractivity contribution in [1.29, 1.82) is 0 Å². The van der Waals surface area contributed by atoms with Gasteiger partial charge in [0.05, 0.1) is 12.5 Å². The number of rotatable bonds is 12. The first-order chi connectivity index (χ1) is 12.4. The molecule has 0 spiro atoms. The normalized spacial score (nSPS) is 13.6. The summed E-state index contributed by atoms with van der Waals surface area (Å²) in [4.78, 5) is 68.1. The van der Waals surface area contributed by atoms with Crippen molar-refractivity contribution in [2.75, 3.05) is 6.54 Å². The molecule has 3 unspecified atom stereocenters. The third kappa shape index (κ3) is 10.4. The lowest BCUT2D eigenvalue weighted by Crippen LogP contribution is -2.55. The predicted molar refractivity (Wildman–Crippen MR) is 90.4 cm³/mol. The van der Waals surface area contributed by atoms with Gasteiger partial charge in [-0.3, -0.25) is 28.8 Å². The van der Waals surface area contributed by atoms with Crippen LogP contribution in [-0.2, 0) is 28.8 Å². The van der Waals surface area contributed by atoms with Gasteiger partial charge in [0.1, 0.15) is 18.6 Å². The Kier molecular flexibility index (Phi) is 10.0. The van der Waals surface area contributed by atoms with Gasteiger partial charge in [-0.2, -0.15) is 0 Å². The average Bonchev–Trinajstić information content (AvgIpc) is 2.55. The van der Waals surface area contributed by atoms with E-state index in [1.165, 1.54) is 6.92 Å². The van der Waals surface area contributed by atoms with E-state index in [1.807, 2.05) is 5.32 Å². The molecular weight excluding hydrogens is 364 g/mol. The lowest BCUT2D eigenvalue weighted by atomic mass is 10.1. The summed E-state index contributed by atoms with van der Waals surface area (Å²) >= 11 is 0. The van der Waals surface area contributed by atoms with Crippen LogP contribution >= 0.6 is 0 Å². The molecule has 3 atom stereocenters. The van der Waals surface area contributed by atoms with Crippen molar-refractivity contribution in [2.45, 2.75) is 44.3 Å². The van der Waals surface area contributed by atoms with E-state index in [0.717, 1.165) is 0 Å². The number of carboxylic acid groups (broad SMARTS) is 1. The molecule has 0 aliphatic heterocycles. The van der Waals surface area contributed by atoms with E-state index in [1.54, 1.807) is 0 Å². The zero-order valence-electron chi connectivity index (χ0n) is 14.7. The third-order valence-corrected chi connectivity index (χ3v) is 3.24. The summed E-state index contributed by atoms with van der Waals surface area (Å²) in [5, 5.41) is 15.0. The Balaban J connectivity index is 4.77. The second-order valence-electron chi connectivity index (χ2n) is 5.68. The van der Waals surface area contributed by atoms with Crippen LogP contribution < -0.4 is 33.2 Å². The topological polar surface area (TPSA) is 237 Å². The highest BCUT2D eigenvalue weighted by Crippen LogP contribution is 1.97. The largest absolute Gasteiger partial charge is 0.480 e. The van der Waals surface area contributed by atoms with Gasteiger partial charge in [0, 0.05) is 6.42 Å². The van der Waals surface area contributed by atoms with Crippen LogP contribution in [0.3, 0.4) is 0 Å². The molecule has 0 bridgehead atoms. The van der Waals surface area contributed by atoms with Crippen LogP contribution in [0.4, 0.5) is 0 Å². The van der Waals surface area contributed by atoms with Crippen LogP contribution in [-0.4, -0.2) is 65.3 Å². The summed E-state index contributed by atoms with van der Waals surface area (Å²) in [6.07, 6.45) is -0.701. The first-order valence-electron chi connectivity index (χ1n) is 7.86. The van der Waals surface area contributed by atoms with E-state index in [0.29, 0.717) is 0 Å². The van der Waals surface area contributed by atoms with Crippen molar-refractivity contribution in [2.24, 2.45) is 17.2 Å². The van der Waals surface area contributed by atoms with Crippen molar-refractivity contribution < 1.29 is 33.9 Å². The van der Waals surface area contributed by atoms with E-state index < -0.39 is 66.6 Å². The second-order valence-corrected chi connectivity index (χ2v) is 5.68. The van der Waals surface area contributed by atoms with Gasteiger partial charge in [-0.15, -0.1) is 0 Å². The maximum absolute atomic E-state index is 12.1. The number of primary amides is 2. The molecule has 0 heterocycles. The molecule has 0 rings (SSSR count). The highest BCUT2D eigenvalue weighted by atomic mass is 16.4. The van der Waals surface area contributed by atoms with Gasteiger partial charge in [0.15, 0.2) is 0 Å². The Morgan fingerprint density at radius 2 is 1.52 bits per heavy atom. The van der Waals surface area contributed by atoms with E-state index in [2.05, 4.69) is 10.6 Å². The SMILES string of the molecule is CC(NC(=O)C(N)CCC(N)=O)C(=O)NC(CC(N)=O)C(=O)NCC(=O)O. The molecule has 27 heavy (non-hydrogen) atoms. The van der Waals surface area contributed by atoms with Crippen molar-refractivity contribution in [3.63, 3.8) is 0 Å². The van der Waals surface area contributed by atoms with Crippen molar-refractivity contribution in [1.82, 2.24) is 16.0 Å². The predicted octanol–water partition coefficient (Wildman–Crippen LogP) is -4.36. The van der Waals surface area contributed by atoms with Gasteiger partial charge in [-0.05, 0) is 13.3 Å². The maximum atomic E-state index is 12.1. The molecule has 0 aliphatic carbocycles. The fraction of sp³-hybridized carbons (Fsp3) is 0.571. The van der Waals surface area contributed by atoms with E-state index >= 15 is 0 Å². The quantitative estimate of drug-likeness (QED) is 0.172. The first kappa shape index (κ1) is 23.8. The van der Waals surface area contributed by atoms with Crippen LogP contribution in [0.5, 0.6) is 0 Å². The van der Waals surface area contributed by atoms with Gasteiger partial charge in [0.2, 0.25) is 29.5 Å². The van der Waals surface area contributed by atoms with Gasteiger partial charge < -0.3 is 38.3 Å². The number of nitrogens with one attached hydrogen (secondary N) is 3. The molecule has 13 heteroatoms. The molecule has 5 amide bonds. The average molecular weight is 388 g/mol. The minimum atomic E-state index is -1.42. The fourth-order valence-corrected chi connectivity index (χ4v) is 1.81. The molecule has 0 aromatic carbocycles. The molecule has 13 nitrogen and oxygen atoms in total. The minimum Gasteiger partial charge on any atom is -0.480 e. The van der Waals surface area contributed by atoms with E-state index in [-0.39, 0.29) is 12.8 Å². The molecule has 0 aromatic rings. The van der Waals surface area contributed by atoms with Crippen LogP contribution in [0.1, 0.15) is 26.2 Å². The summed E-state index contributed by atoms with van der Waals surface area (Å²) in [7, 11) is 0. The molecule has 152 valence electrons. The summed E-state index contributed by atoms with van der Waals surface area (Å²) in [6.45, 7) is 0.579. The number of aliphatic carboxylic acids is 1. The van der Waals surface area contributed by atoms with Crippen LogP contribution in [0.2, 0.25) is 0 Å². The summed E-state index contributed by atoms with van der Waals surface area (Å²) in [6, 6.07) is -3.63. The van der Waals surface area contributed by atoms with Crippen molar-refractivity contribution in [3.05, 3.63) is 0 Å². The number of carbonyl (C=O) groups is 6. The Morgan fingerprint density at radius 1 is 0.926 bits per heavy atom. The Bertz CT molecular complexity index is 609. The second kappa shape index (κ2) is 11.4. The van der Waals surface area contributed by atoms with Crippen LogP contribution in [0.25, 0.3) is 0 Å². The highest BCUT2D eigenvalue weighted by molar-refractivity contribution is 5.95. The number of hydrogen-bond donors (Lipinski definition) is 7. The fourth-order valence-electron chi connectivity index (χ4n) is 1.81. The Hall–Kier alpha value is -3.22. The van der Waals surface area contributed by atoms with Gasteiger partial charge in [-0.25, -0.2) is 0 Å². The van der Waals surface area contributed by atoms with Gasteiger partial charge in [-0.1, -0.05) is 0 Å². The van der Waals surface area contributed by atoms with E-state index in [9.17, 15) is 28.8 Å². The highest BCUT2D eigenvalue weighted by Gasteiger charge is 2.27. The number of carbonyl (C=O) groups excluding carboxylic acids is 5. The molecule has 0 aliphatic rings. The smallest absolute Gasteiger partial charge is 0.322 e. The zero-order chi connectivity index (χ0) is 21.1. The number of nitrogens with two attached hydrogens (primary N) is 3. The molecule has 0 radical (unpaired) electrons. The standard InChI is InChI=1S/C14H24N6O7/c1-6(19-13(26)7(15)2-3-9(16)21)12(25)20-8(4-10(17)22)14(27)18-5-11(23)24/h6-8H,2-5,15H2,1H3,(H2,16,21)(H2,17,22)(H,18,27)(H,19,26)(H,20,25)(H,23,24). The molecule has 0 fully saturated rings. The summed E-state index contributed by atoms with van der Waals surface area (Å²) < 4.78 is 0. The van der Waals surface area contributed by atoms with Crippen LogP contribution in [0.15, 0.2) is 0 Å². The van der Waals surface area contributed by atoms with Gasteiger partial charge >= 0.3 is 5.97 Å². The number of carboxylic acids is 1. The van der Waals surface area contributed by atoms with Crippen molar-refractivity contribution in [3.8, 4) is 0 Å². The Morgan fingerprint density at radius 3 is 2.00 bits per heavy atom. The molecule has 0 saturated heterocycles. The summed E-state index contributed by atoms with van der Waals surface area (Å²) in [5.74, 6) is -5.34. The maximum Gasteiger partial charge on any atom is 0.322 e. The van der Waals surface area contributed by atoms with Crippen molar-refractivity contribution >= 4 is 35.5 Å². The molecular formula is C14H24N6O7. The zero-order valence-corrected chi connectivity index (χ0v) is 14.7. The molecule has 0 saturated carbocycles. The lowest BCUT2D eigenvalue weighted by Gasteiger charge is -2.21. The molecule has 10 N–H and O–H groups in total.